The number of amides is 1. The lowest BCUT2D eigenvalue weighted by molar-refractivity contribution is -0.126. The van der Waals surface area contributed by atoms with E-state index in [1.807, 2.05) is 6.92 Å². The molecule has 0 bridgehead atoms. The number of piperidine rings is 1. The van der Waals surface area contributed by atoms with Crippen LogP contribution in [0.5, 0.6) is 0 Å². The van der Waals surface area contributed by atoms with Gasteiger partial charge in [0.1, 0.15) is 11.0 Å². The lowest BCUT2D eigenvalue weighted by atomic mass is 10.0. The minimum atomic E-state index is -3.59. The van der Waals surface area contributed by atoms with Crippen molar-refractivity contribution in [3.05, 3.63) is 18.2 Å². The summed E-state index contributed by atoms with van der Waals surface area (Å²) in [5, 5.41) is 10.5. The van der Waals surface area contributed by atoms with Gasteiger partial charge in [0.25, 0.3) is 5.91 Å². The number of sulfonamides is 1. The molecule has 10 heteroatoms. The molecule has 0 aliphatic carbocycles. The molecule has 0 saturated carbocycles. The summed E-state index contributed by atoms with van der Waals surface area (Å²) in [7, 11) is -3.59. The van der Waals surface area contributed by atoms with E-state index in [2.05, 4.69) is 22.6 Å². The molecule has 0 spiro atoms. The number of carbonyl (C=O) groups is 1. The summed E-state index contributed by atoms with van der Waals surface area (Å²) >= 11 is 0. The highest BCUT2D eigenvalue weighted by molar-refractivity contribution is 7.89. The Bertz CT molecular complexity index is 911. The van der Waals surface area contributed by atoms with E-state index < -0.39 is 10.0 Å². The number of nitrogens with one attached hydrogen (secondary N) is 1. The molecule has 1 aromatic heterocycles. The van der Waals surface area contributed by atoms with Crippen LogP contribution in [0, 0.1) is 5.92 Å². The first-order valence-corrected chi connectivity index (χ1v) is 10.6. The van der Waals surface area contributed by atoms with Gasteiger partial charge in [-0.25, -0.2) is 8.42 Å². The van der Waals surface area contributed by atoms with Crippen molar-refractivity contribution in [1.29, 1.82) is 0 Å². The molecule has 1 aromatic carbocycles. The number of hydrogen-bond donors (Lipinski definition) is 1. The molecule has 0 radical (unpaired) electrons. The van der Waals surface area contributed by atoms with Gasteiger partial charge in [-0.1, -0.05) is 18.7 Å². The van der Waals surface area contributed by atoms with Crippen LogP contribution in [-0.4, -0.2) is 60.0 Å². The van der Waals surface area contributed by atoms with Crippen molar-refractivity contribution in [3.8, 4) is 0 Å². The summed E-state index contributed by atoms with van der Waals surface area (Å²) in [6.07, 6.45) is 2.72. The van der Waals surface area contributed by atoms with Gasteiger partial charge in [0.05, 0.1) is 4.90 Å². The predicted octanol–water partition coefficient (Wildman–Crippen LogP) is 0.807. The largest absolute Gasteiger partial charge is 0.385 e. The second kappa shape index (κ2) is 8.22. The molecule has 1 unspecified atom stereocenters. The van der Waals surface area contributed by atoms with Crippen LogP contribution in [0.3, 0.4) is 0 Å². The second-order valence-electron chi connectivity index (χ2n) is 6.85. The Morgan fingerprint density at radius 3 is 2.96 bits per heavy atom. The first kappa shape index (κ1) is 19.6. The van der Waals surface area contributed by atoms with Gasteiger partial charge in [0, 0.05) is 19.6 Å². The van der Waals surface area contributed by atoms with Crippen molar-refractivity contribution < 1.29 is 18.0 Å². The summed E-state index contributed by atoms with van der Waals surface area (Å²) in [4.78, 5) is 18.3. The fourth-order valence-electron chi connectivity index (χ4n) is 3.08. The van der Waals surface area contributed by atoms with Gasteiger partial charge in [0.2, 0.25) is 10.0 Å². The van der Waals surface area contributed by atoms with Gasteiger partial charge in [-0.15, -0.1) is 5.10 Å². The first-order valence-electron chi connectivity index (χ1n) is 9.17. The van der Waals surface area contributed by atoms with Crippen molar-refractivity contribution in [2.45, 2.75) is 38.0 Å². The average Bonchev–Trinajstić information content (AvgIpc) is 3.07. The standard InChI is InChI=1S/C17H25N5O4S/c1-3-8-18-17(23)12-26-22-16-10-14(6-7-15(16)19-20-22)27(24,25)21-9-4-5-13(2)11-21/h6-7,10,13H,3-5,8-9,11-12H2,1-2H3,(H,18,23). The van der Waals surface area contributed by atoms with E-state index in [1.54, 1.807) is 6.07 Å². The van der Waals surface area contributed by atoms with E-state index in [4.69, 9.17) is 4.84 Å². The van der Waals surface area contributed by atoms with Gasteiger partial charge >= 0.3 is 0 Å². The Hall–Kier alpha value is -2.20. The molecule has 27 heavy (non-hydrogen) atoms. The molecule has 9 nitrogen and oxygen atoms in total. The fraction of sp³-hybridized carbons (Fsp3) is 0.588. The summed E-state index contributed by atoms with van der Waals surface area (Å²) in [5.41, 5.74) is 0.902. The zero-order valence-electron chi connectivity index (χ0n) is 15.6. The molecule has 1 saturated heterocycles. The van der Waals surface area contributed by atoms with Crippen LogP contribution in [-0.2, 0) is 14.8 Å². The maximum atomic E-state index is 13.0. The Balaban J connectivity index is 1.81. The molecular formula is C17H25N5O4S. The van der Waals surface area contributed by atoms with Crippen molar-refractivity contribution in [3.63, 3.8) is 0 Å². The number of fused-ring (bicyclic) bond motifs is 1. The Morgan fingerprint density at radius 2 is 2.22 bits per heavy atom. The minimum Gasteiger partial charge on any atom is -0.385 e. The third-order valence-corrected chi connectivity index (χ3v) is 6.40. The number of benzene rings is 1. The number of rotatable bonds is 7. The predicted molar refractivity (Wildman–Crippen MR) is 99.4 cm³/mol. The van der Waals surface area contributed by atoms with Crippen LogP contribution in [0.15, 0.2) is 23.1 Å². The zero-order chi connectivity index (χ0) is 19.4. The van der Waals surface area contributed by atoms with E-state index in [9.17, 15) is 13.2 Å². The molecule has 1 atom stereocenters. The molecule has 1 N–H and O–H groups in total. The summed E-state index contributed by atoms with van der Waals surface area (Å²) in [5.74, 6) is 0.0704. The molecule has 1 fully saturated rings. The van der Waals surface area contributed by atoms with Gasteiger partial charge in [0.15, 0.2) is 6.61 Å². The van der Waals surface area contributed by atoms with E-state index in [-0.39, 0.29) is 17.4 Å². The van der Waals surface area contributed by atoms with Gasteiger partial charge < -0.3 is 10.2 Å². The van der Waals surface area contributed by atoms with Crippen LogP contribution < -0.4 is 10.2 Å². The Morgan fingerprint density at radius 1 is 1.41 bits per heavy atom. The second-order valence-corrected chi connectivity index (χ2v) is 8.78. The summed E-state index contributed by atoms with van der Waals surface area (Å²) < 4.78 is 27.5. The number of carbonyl (C=O) groups excluding carboxylic acids is 1. The summed E-state index contributed by atoms with van der Waals surface area (Å²) in [6, 6.07) is 4.62. The normalized spacial score (nSPS) is 18.5. The van der Waals surface area contributed by atoms with Crippen LogP contribution in [0.1, 0.15) is 33.1 Å². The summed E-state index contributed by atoms with van der Waals surface area (Å²) in [6.45, 7) is 5.40. The third-order valence-electron chi connectivity index (χ3n) is 4.53. The van der Waals surface area contributed by atoms with Gasteiger partial charge in [-0.3, -0.25) is 4.79 Å². The topological polar surface area (TPSA) is 106 Å². The van der Waals surface area contributed by atoms with E-state index in [0.29, 0.717) is 36.6 Å². The maximum Gasteiger partial charge on any atom is 0.260 e. The highest BCUT2D eigenvalue weighted by Crippen LogP contribution is 2.25. The zero-order valence-corrected chi connectivity index (χ0v) is 16.4. The molecule has 2 aromatic rings. The Kier molecular flexibility index (Phi) is 5.95. The highest BCUT2D eigenvalue weighted by Gasteiger charge is 2.29. The minimum absolute atomic E-state index is 0.173. The molecule has 3 rings (SSSR count). The number of nitrogens with zero attached hydrogens (tertiary/aromatic N) is 4. The average molecular weight is 395 g/mol. The van der Waals surface area contributed by atoms with Crippen LogP contribution in [0.2, 0.25) is 0 Å². The molecule has 1 aliphatic rings. The molecule has 148 valence electrons. The van der Waals surface area contributed by atoms with Crippen LogP contribution >= 0.6 is 0 Å². The molecule has 2 heterocycles. The quantitative estimate of drug-likeness (QED) is 0.743. The smallest absolute Gasteiger partial charge is 0.260 e. The molecular weight excluding hydrogens is 370 g/mol. The third kappa shape index (κ3) is 4.38. The SMILES string of the molecule is CCCNC(=O)COn1nnc2ccc(S(=O)(=O)N3CCCC(C)C3)cc21. The fourth-order valence-corrected chi connectivity index (χ4v) is 4.70. The van der Waals surface area contributed by atoms with Crippen molar-refractivity contribution in [2.75, 3.05) is 26.2 Å². The van der Waals surface area contributed by atoms with Gasteiger partial charge in [-0.2, -0.15) is 4.31 Å². The first-order chi connectivity index (χ1) is 12.9. The monoisotopic (exact) mass is 395 g/mol. The lowest BCUT2D eigenvalue weighted by Crippen LogP contribution is -2.39. The maximum absolute atomic E-state index is 13.0. The van der Waals surface area contributed by atoms with E-state index in [1.165, 1.54) is 16.4 Å². The van der Waals surface area contributed by atoms with Crippen molar-refractivity contribution in [1.82, 2.24) is 24.8 Å². The molecule has 1 aliphatic heterocycles. The number of aromatic nitrogens is 3. The van der Waals surface area contributed by atoms with Crippen LogP contribution in [0.25, 0.3) is 11.0 Å². The lowest BCUT2D eigenvalue weighted by Gasteiger charge is -2.30. The van der Waals surface area contributed by atoms with Crippen molar-refractivity contribution >= 4 is 27.0 Å². The Labute approximate surface area is 158 Å². The van der Waals surface area contributed by atoms with E-state index >= 15 is 0 Å². The number of hydrogen-bond acceptors (Lipinski definition) is 6. The molecule has 1 amide bonds. The van der Waals surface area contributed by atoms with Gasteiger partial charge in [-0.05, 0) is 48.6 Å². The van der Waals surface area contributed by atoms with Crippen molar-refractivity contribution in [2.24, 2.45) is 5.92 Å². The van der Waals surface area contributed by atoms with E-state index in [0.717, 1.165) is 24.1 Å². The van der Waals surface area contributed by atoms with Crippen LogP contribution in [0.4, 0.5) is 0 Å². The highest BCUT2D eigenvalue weighted by atomic mass is 32.2.